The summed E-state index contributed by atoms with van der Waals surface area (Å²) in [4.78, 5) is 19.1. The van der Waals surface area contributed by atoms with E-state index in [0.29, 0.717) is 13.2 Å². The molecule has 1 aliphatic heterocycles. The quantitative estimate of drug-likeness (QED) is 0.424. The second-order valence-corrected chi connectivity index (χ2v) is 8.31. The van der Waals surface area contributed by atoms with Crippen molar-refractivity contribution in [3.63, 3.8) is 0 Å². The van der Waals surface area contributed by atoms with E-state index in [1.165, 1.54) is 5.06 Å². The molecule has 1 aliphatic carbocycles. The van der Waals surface area contributed by atoms with E-state index in [2.05, 4.69) is 53.8 Å². The van der Waals surface area contributed by atoms with E-state index >= 15 is 0 Å². The number of ether oxygens (including phenoxy) is 2. The summed E-state index contributed by atoms with van der Waals surface area (Å²) < 4.78 is 10.8. The fourth-order valence-corrected chi connectivity index (χ4v) is 4.95. The minimum atomic E-state index is -0.717. The van der Waals surface area contributed by atoms with Crippen molar-refractivity contribution in [2.75, 3.05) is 33.7 Å². The number of hydrogen-bond donors (Lipinski definition) is 1. The van der Waals surface area contributed by atoms with Crippen molar-refractivity contribution in [3.05, 3.63) is 95.6 Å². The average Bonchev–Trinajstić information content (AvgIpc) is 3.50. The lowest BCUT2D eigenvalue weighted by atomic mass is 9.80. The van der Waals surface area contributed by atoms with Crippen LogP contribution < -0.4 is 5.32 Å². The number of hydroxylamine groups is 2. The van der Waals surface area contributed by atoms with Gasteiger partial charge in [0.1, 0.15) is 12.8 Å². The second kappa shape index (κ2) is 9.45. The highest BCUT2D eigenvalue weighted by molar-refractivity contribution is 5.85. The number of carbonyl (C=O) groups excluding carboxylic acids is 1. The zero-order chi connectivity index (χ0) is 22.7. The van der Waals surface area contributed by atoms with Gasteiger partial charge in [-0.15, -0.1) is 0 Å². The first-order chi connectivity index (χ1) is 16.3. The van der Waals surface area contributed by atoms with Crippen molar-refractivity contribution in [2.24, 2.45) is 0 Å². The van der Waals surface area contributed by atoms with Crippen molar-refractivity contribution in [1.29, 1.82) is 0 Å². The maximum Gasteiger partial charge on any atom is 0.265 e. The third-order valence-corrected chi connectivity index (χ3v) is 6.33. The largest absolute Gasteiger partial charge is 0.359 e. The fourth-order valence-electron chi connectivity index (χ4n) is 4.95. The molecule has 6 heteroatoms. The molecule has 5 rings (SSSR count). The molecular formula is C27H28N2O4. The molecule has 3 aromatic carbocycles. The summed E-state index contributed by atoms with van der Waals surface area (Å²) in [6.45, 7) is 1.39. The molecule has 6 nitrogen and oxygen atoms in total. The molecule has 1 saturated heterocycles. The monoisotopic (exact) mass is 444 g/mol. The van der Waals surface area contributed by atoms with Crippen LogP contribution in [0.15, 0.2) is 78.9 Å². The summed E-state index contributed by atoms with van der Waals surface area (Å²) in [6.07, 6.45) is 0.826. The molecule has 0 spiro atoms. The first-order valence-electron chi connectivity index (χ1n) is 11.3. The molecule has 0 unspecified atom stereocenters. The summed E-state index contributed by atoms with van der Waals surface area (Å²) in [6, 6.07) is 26.4. The summed E-state index contributed by atoms with van der Waals surface area (Å²) >= 11 is 0. The van der Waals surface area contributed by atoms with E-state index in [1.807, 2.05) is 30.3 Å². The van der Waals surface area contributed by atoms with Crippen LogP contribution in [0.2, 0.25) is 0 Å². The van der Waals surface area contributed by atoms with Gasteiger partial charge in [0.25, 0.3) is 5.91 Å². The van der Waals surface area contributed by atoms with Crippen molar-refractivity contribution in [2.45, 2.75) is 18.0 Å². The van der Waals surface area contributed by atoms with Gasteiger partial charge in [-0.1, -0.05) is 78.9 Å². The number of methoxy groups -OCH3 is 1. The van der Waals surface area contributed by atoms with Gasteiger partial charge >= 0.3 is 0 Å². The summed E-state index contributed by atoms with van der Waals surface area (Å²) in [7, 11) is 1.57. The van der Waals surface area contributed by atoms with E-state index < -0.39 is 11.6 Å². The number of nitrogens with zero attached hydrogens (tertiary/aromatic N) is 1. The molecule has 0 bridgehead atoms. The molecule has 0 radical (unpaired) electrons. The highest BCUT2D eigenvalue weighted by atomic mass is 16.7. The molecule has 1 heterocycles. The molecule has 1 amide bonds. The Kier molecular flexibility index (Phi) is 6.24. The summed E-state index contributed by atoms with van der Waals surface area (Å²) in [5.74, 6) is -0.138. The lowest BCUT2D eigenvalue weighted by molar-refractivity contribution is -0.174. The molecule has 33 heavy (non-hydrogen) atoms. The maximum atomic E-state index is 13.5. The maximum absolute atomic E-state index is 13.5. The van der Waals surface area contributed by atoms with Gasteiger partial charge in [-0.2, -0.15) is 0 Å². The van der Waals surface area contributed by atoms with E-state index in [-0.39, 0.29) is 19.3 Å². The van der Waals surface area contributed by atoms with Crippen LogP contribution in [0.4, 0.5) is 0 Å². The average molecular weight is 445 g/mol. The van der Waals surface area contributed by atoms with Crippen molar-refractivity contribution in [3.8, 4) is 11.1 Å². The number of fused-ring (bicyclic) bond motifs is 3. The predicted molar refractivity (Wildman–Crippen MR) is 125 cm³/mol. The van der Waals surface area contributed by atoms with Crippen LogP contribution in [-0.2, 0) is 24.6 Å². The van der Waals surface area contributed by atoms with Crippen LogP contribution in [0.1, 0.15) is 23.1 Å². The lowest BCUT2D eigenvalue weighted by Gasteiger charge is -2.38. The Morgan fingerprint density at radius 3 is 2.24 bits per heavy atom. The molecule has 1 N–H and O–H groups in total. The number of hydrogen-bond acceptors (Lipinski definition) is 5. The molecule has 0 saturated carbocycles. The Labute approximate surface area is 194 Å². The molecule has 1 fully saturated rings. The van der Waals surface area contributed by atoms with Crippen molar-refractivity contribution in [1.82, 2.24) is 10.4 Å². The van der Waals surface area contributed by atoms with Crippen LogP contribution in [0.5, 0.6) is 0 Å². The van der Waals surface area contributed by atoms with Gasteiger partial charge in [0.05, 0.1) is 25.3 Å². The third-order valence-electron chi connectivity index (χ3n) is 6.33. The molecule has 3 aromatic rings. The Morgan fingerprint density at radius 1 is 1.00 bits per heavy atom. The van der Waals surface area contributed by atoms with Crippen LogP contribution in [0, 0.1) is 0 Å². The number of nitrogens with one attached hydrogen (secondary N) is 1. The predicted octanol–water partition coefficient (Wildman–Crippen LogP) is 3.70. The van der Waals surface area contributed by atoms with Gasteiger partial charge in [0, 0.05) is 7.11 Å². The topological polar surface area (TPSA) is 60.0 Å². The SMILES string of the molecule is COCOC[C@H](NC1(c2ccccc2)c2ccccc2-c2ccccc21)C(=O)N1CCCO1. The van der Waals surface area contributed by atoms with Gasteiger partial charge in [-0.05, 0) is 34.2 Å². The molecule has 0 aromatic heterocycles. The summed E-state index contributed by atoms with van der Waals surface area (Å²) in [5.41, 5.74) is 4.89. The summed E-state index contributed by atoms with van der Waals surface area (Å²) in [5, 5.41) is 5.20. The van der Waals surface area contributed by atoms with E-state index in [0.717, 1.165) is 34.2 Å². The number of carbonyl (C=O) groups is 1. The van der Waals surface area contributed by atoms with Gasteiger partial charge < -0.3 is 9.47 Å². The Bertz CT molecular complexity index is 1070. The third kappa shape index (κ3) is 3.85. The minimum absolute atomic E-state index is 0.109. The zero-order valence-electron chi connectivity index (χ0n) is 18.7. The van der Waals surface area contributed by atoms with Gasteiger partial charge in [0.15, 0.2) is 0 Å². The number of benzene rings is 3. The first-order valence-corrected chi connectivity index (χ1v) is 11.3. The lowest BCUT2D eigenvalue weighted by Crippen LogP contribution is -2.56. The Morgan fingerprint density at radius 2 is 1.64 bits per heavy atom. The Hall–Kier alpha value is -3.03. The second-order valence-electron chi connectivity index (χ2n) is 8.31. The van der Waals surface area contributed by atoms with Gasteiger partial charge in [-0.25, -0.2) is 5.06 Å². The molecule has 170 valence electrons. The van der Waals surface area contributed by atoms with E-state index in [1.54, 1.807) is 7.11 Å². The number of rotatable bonds is 8. The first kappa shape index (κ1) is 21.8. The normalized spacial score (nSPS) is 16.9. The highest BCUT2D eigenvalue weighted by Gasteiger charge is 2.47. The van der Waals surface area contributed by atoms with Gasteiger partial charge in [-0.3, -0.25) is 14.9 Å². The minimum Gasteiger partial charge on any atom is -0.359 e. The van der Waals surface area contributed by atoms with Crippen LogP contribution in [-0.4, -0.2) is 50.7 Å². The fraction of sp³-hybridized carbons (Fsp3) is 0.296. The van der Waals surface area contributed by atoms with Crippen LogP contribution in [0.3, 0.4) is 0 Å². The van der Waals surface area contributed by atoms with Crippen molar-refractivity contribution >= 4 is 5.91 Å². The zero-order valence-corrected chi connectivity index (χ0v) is 18.7. The highest BCUT2D eigenvalue weighted by Crippen LogP contribution is 2.51. The Balaban J connectivity index is 1.65. The van der Waals surface area contributed by atoms with Crippen molar-refractivity contribution < 1.29 is 19.1 Å². The van der Waals surface area contributed by atoms with Gasteiger partial charge in [0.2, 0.25) is 0 Å². The van der Waals surface area contributed by atoms with Crippen LogP contribution in [0.25, 0.3) is 11.1 Å². The molecule has 2 aliphatic rings. The van der Waals surface area contributed by atoms with E-state index in [9.17, 15) is 4.79 Å². The smallest absolute Gasteiger partial charge is 0.265 e. The molecular weight excluding hydrogens is 416 g/mol. The standard InChI is InChI=1S/C27H28N2O4/c1-31-19-32-18-25(26(30)29-16-9-17-33-29)28-27(20-10-3-2-4-11-20)23-14-7-5-12-21(23)22-13-6-8-15-24(22)27/h2-8,10-15,25,28H,9,16-19H2,1H3/t25-/m0/s1. The van der Waals surface area contributed by atoms with E-state index in [4.69, 9.17) is 14.3 Å². The number of amides is 1. The van der Waals surface area contributed by atoms with Crippen LogP contribution >= 0.6 is 0 Å². The molecule has 1 atom stereocenters.